The van der Waals surface area contributed by atoms with Crippen LogP contribution in [0.15, 0.2) is 0 Å². The zero-order chi connectivity index (χ0) is 8.27. The Balaban J connectivity index is 2.34. The predicted octanol–water partition coefficient (Wildman–Crippen LogP) is 1.29. The maximum Gasteiger partial charge on any atom is 0.0220 e. The van der Waals surface area contributed by atoms with Crippen LogP contribution in [-0.4, -0.2) is 47.7 Å². The van der Waals surface area contributed by atoms with Crippen molar-refractivity contribution < 1.29 is 0 Å². The van der Waals surface area contributed by atoms with Crippen LogP contribution in [0.2, 0.25) is 0 Å². The summed E-state index contributed by atoms with van der Waals surface area (Å²) >= 11 is 1.99. The second-order valence-electron chi connectivity index (χ2n) is 3.37. The molecule has 0 spiro atoms. The van der Waals surface area contributed by atoms with Crippen molar-refractivity contribution in [2.45, 2.75) is 19.9 Å². The first-order chi connectivity index (χ1) is 5.20. The summed E-state index contributed by atoms with van der Waals surface area (Å²) in [5.41, 5.74) is 0. The second-order valence-corrected chi connectivity index (χ2v) is 4.51. The third-order valence-electron chi connectivity index (χ3n) is 2.01. The molecule has 1 rings (SSSR count). The predicted molar refractivity (Wildman–Crippen MR) is 51.8 cm³/mol. The van der Waals surface area contributed by atoms with E-state index in [-0.39, 0.29) is 0 Å². The Morgan fingerprint density at radius 2 is 1.91 bits per heavy atom. The van der Waals surface area contributed by atoms with E-state index in [2.05, 4.69) is 30.1 Å². The largest absolute Gasteiger partial charge is 0.304 e. The topological polar surface area (TPSA) is 6.48 Å². The molecule has 2 nitrogen and oxygen atoms in total. The first kappa shape index (κ1) is 9.36. The van der Waals surface area contributed by atoms with E-state index in [1.807, 2.05) is 11.9 Å². The minimum absolute atomic E-state index is 0.687. The highest BCUT2D eigenvalue weighted by molar-refractivity contribution is 7.97. The smallest absolute Gasteiger partial charge is 0.0220 e. The van der Waals surface area contributed by atoms with Gasteiger partial charge in [0.15, 0.2) is 0 Å². The van der Waals surface area contributed by atoms with E-state index in [0.29, 0.717) is 6.04 Å². The van der Waals surface area contributed by atoms with Crippen LogP contribution in [0, 0.1) is 0 Å². The molecule has 0 radical (unpaired) electrons. The third-order valence-corrected chi connectivity index (χ3v) is 3.31. The lowest BCUT2D eigenvalue weighted by molar-refractivity contribution is 0.311. The minimum Gasteiger partial charge on any atom is -0.304 e. The Hall–Kier alpha value is 0.270. The normalized spacial score (nSPS) is 24.0. The molecular formula is C8H18N2S. The average Bonchev–Trinajstić information content (AvgIpc) is 2.13. The van der Waals surface area contributed by atoms with Crippen LogP contribution < -0.4 is 0 Å². The van der Waals surface area contributed by atoms with E-state index in [4.69, 9.17) is 0 Å². The van der Waals surface area contributed by atoms with Gasteiger partial charge in [-0.2, -0.15) is 0 Å². The number of nitrogens with zero attached hydrogens (tertiary/aromatic N) is 2. The van der Waals surface area contributed by atoms with Crippen molar-refractivity contribution in [1.29, 1.82) is 0 Å². The maximum atomic E-state index is 2.48. The number of hydrogen-bond donors (Lipinski definition) is 0. The molecule has 1 heterocycles. The van der Waals surface area contributed by atoms with Crippen LogP contribution in [0.25, 0.3) is 0 Å². The summed E-state index contributed by atoms with van der Waals surface area (Å²) in [6.45, 7) is 8.18. The fourth-order valence-electron chi connectivity index (χ4n) is 1.17. The standard InChI is InChI=1S/C8H18N2S/c1-8(2)10-5-4-9(3)6-7-11-10/h8H,4-7H2,1-3H3. The minimum atomic E-state index is 0.687. The van der Waals surface area contributed by atoms with Crippen molar-refractivity contribution >= 4 is 11.9 Å². The van der Waals surface area contributed by atoms with Crippen LogP contribution in [0.5, 0.6) is 0 Å². The van der Waals surface area contributed by atoms with Gasteiger partial charge in [-0.15, -0.1) is 0 Å². The lowest BCUT2D eigenvalue weighted by Crippen LogP contribution is -2.29. The van der Waals surface area contributed by atoms with Gasteiger partial charge in [0.05, 0.1) is 0 Å². The third kappa shape index (κ3) is 3.01. The summed E-state index contributed by atoms with van der Waals surface area (Å²) < 4.78 is 2.48. The first-order valence-electron chi connectivity index (χ1n) is 4.28. The molecule has 0 aromatic carbocycles. The number of likely N-dealkylation sites (N-methyl/N-ethyl adjacent to an activating group) is 1. The molecule has 3 heteroatoms. The summed E-state index contributed by atoms with van der Waals surface area (Å²) in [4.78, 5) is 2.40. The zero-order valence-electron chi connectivity index (χ0n) is 7.71. The molecule has 0 aromatic heterocycles. The molecule has 0 N–H and O–H groups in total. The van der Waals surface area contributed by atoms with Crippen LogP contribution >= 0.6 is 11.9 Å². The van der Waals surface area contributed by atoms with Gasteiger partial charge < -0.3 is 4.90 Å². The number of hydrogen-bond acceptors (Lipinski definition) is 3. The van der Waals surface area contributed by atoms with E-state index < -0.39 is 0 Å². The highest BCUT2D eigenvalue weighted by Gasteiger charge is 2.14. The molecule has 0 aromatic rings. The van der Waals surface area contributed by atoms with Gasteiger partial charge in [0.25, 0.3) is 0 Å². The van der Waals surface area contributed by atoms with Crippen molar-refractivity contribution in [1.82, 2.24) is 9.21 Å². The SMILES string of the molecule is CC(C)N1CCN(C)CCS1. The van der Waals surface area contributed by atoms with Crippen molar-refractivity contribution in [3.8, 4) is 0 Å². The monoisotopic (exact) mass is 174 g/mol. The van der Waals surface area contributed by atoms with Crippen LogP contribution in [0.3, 0.4) is 0 Å². The molecular weight excluding hydrogens is 156 g/mol. The molecule has 1 aliphatic heterocycles. The van der Waals surface area contributed by atoms with Gasteiger partial charge in [-0.25, -0.2) is 4.31 Å². The molecule has 0 atom stereocenters. The van der Waals surface area contributed by atoms with E-state index in [0.717, 1.165) is 0 Å². The fourth-order valence-corrected chi connectivity index (χ4v) is 2.30. The Kier molecular flexibility index (Phi) is 3.69. The average molecular weight is 174 g/mol. The molecule has 66 valence electrons. The Morgan fingerprint density at radius 1 is 1.18 bits per heavy atom. The molecule has 0 unspecified atom stereocenters. The van der Waals surface area contributed by atoms with E-state index in [1.54, 1.807) is 0 Å². The number of rotatable bonds is 1. The van der Waals surface area contributed by atoms with E-state index >= 15 is 0 Å². The van der Waals surface area contributed by atoms with Gasteiger partial charge in [0.2, 0.25) is 0 Å². The molecule has 1 aliphatic rings. The molecule has 0 aliphatic carbocycles. The maximum absolute atomic E-state index is 2.48. The summed E-state index contributed by atoms with van der Waals surface area (Å²) in [6, 6.07) is 0.687. The van der Waals surface area contributed by atoms with Gasteiger partial charge in [0, 0.05) is 31.4 Å². The molecule has 0 saturated carbocycles. The highest BCUT2D eigenvalue weighted by Crippen LogP contribution is 2.16. The van der Waals surface area contributed by atoms with E-state index in [9.17, 15) is 0 Å². The van der Waals surface area contributed by atoms with Gasteiger partial charge >= 0.3 is 0 Å². The Morgan fingerprint density at radius 3 is 2.55 bits per heavy atom. The van der Waals surface area contributed by atoms with Crippen LogP contribution in [0.4, 0.5) is 0 Å². The van der Waals surface area contributed by atoms with Crippen LogP contribution in [-0.2, 0) is 0 Å². The summed E-state index contributed by atoms with van der Waals surface area (Å²) in [6.07, 6.45) is 0. The van der Waals surface area contributed by atoms with E-state index in [1.165, 1.54) is 25.4 Å². The molecule has 1 fully saturated rings. The van der Waals surface area contributed by atoms with Crippen molar-refractivity contribution in [3.05, 3.63) is 0 Å². The van der Waals surface area contributed by atoms with Crippen molar-refractivity contribution in [3.63, 3.8) is 0 Å². The van der Waals surface area contributed by atoms with Crippen molar-refractivity contribution in [2.75, 3.05) is 32.4 Å². The lowest BCUT2D eigenvalue weighted by Gasteiger charge is -2.22. The molecule has 0 bridgehead atoms. The Bertz CT molecular complexity index is 117. The highest BCUT2D eigenvalue weighted by atomic mass is 32.2. The van der Waals surface area contributed by atoms with Gasteiger partial charge in [-0.3, -0.25) is 0 Å². The molecule has 11 heavy (non-hydrogen) atoms. The summed E-state index contributed by atoms with van der Waals surface area (Å²) in [5, 5.41) is 0. The fraction of sp³-hybridized carbons (Fsp3) is 1.00. The van der Waals surface area contributed by atoms with Gasteiger partial charge in [-0.05, 0) is 20.9 Å². The van der Waals surface area contributed by atoms with Gasteiger partial charge in [-0.1, -0.05) is 11.9 Å². The molecule has 0 amide bonds. The second kappa shape index (κ2) is 4.33. The molecule has 1 saturated heterocycles. The van der Waals surface area contributed by atoms with Crippen LogP contribution in [0.1, 0.15) is 13.8 Å². The Labute approximate surface area is 74.1 Å². The first-order valence-corrected chi connectivity index (χ1v) is 5.22. The lowest BCUT2D eigenvalue weighted by atomic mass is 10.4. The summed E-state index contributed by atoms with van der Waals surface area (Å²) in [5.74, 6) is 1.24. The van der Waals surface area contributed by atoms with Gasteiger partial charge in [0.1, 0.15) is 0 Å². The quantitative estimate of drug-likeness (QED) is 0.553. The zero-order valence-corrected chi connectivity index (χ0v) is 8.52. The summed E-state index contributed by atoms with van der Waals surface area (Å²) in [7, 11) is 2.20. The van der Waals surface area contributed by atoms with Crippen molar-refractivity contribution in [2.24, 2.45) is 0 Å².